The summed E-state index contributed by atoms with van der Waals surface area (Å²) in [4.78, 5) is 24.6. The summed E-state index contributed by atoms with van der Waals surface area (Å²) < 4.78 is 10.2. The molecule has 1 rings (SSSR count). The Kier molecular flexibility index (Phi) is 5.74. The summed E-state index contributed by atoms with van der Waals surface area (Å²) in [6.45, 7) is 7.58. The molecule has 4 heteroatoms. The summed E-state index contributed by atoms with van der Waals surface area (Å²) in [6.07, 6.45) is 0. The maximum atomic E-state index is 12.6. The minimum absolute atomic E-state index is 0.132. The first-order valence-corrected chi connectivity index (χ1v) is 6.77. The lowest BCUT2D eigenvalue weighted by Crippen LogP contribution is -2.31. The number of hydrogen-bond donors (Lipinski definition) is 0. The Bertz CT molecular complexity index is 491. The third kappa shape index (κ3) is 3.59. The number of Topliss-reactive ketones (excluding diaryl/α,β-unsaturated/α-hetero) is 1. The molecule has 0 fully saturated rings. The van der Waals surface area contributed by atoms with Gasteiger partial charge in [-0.25, -0.2) is 0 Å². The highest BCUT2D eigenvalue weighted by Crippen LogP contribution is 2.26. The van der Waals surface area contributed by atoms with Gasteiger partial charge in [-0.3, -0.25) is 9.59 Å². The van der Waals surface area contributed by atoms with E-state index >= 15 is 0 Å². The SMILES string of the molecule is CCOC(=O)C(C(=O)c1ccc(C)cc1OC)C(C)C. The van der Waals surface area contributed by atoms with Crippen molar-refractivity contribution in [2.75, 3.05) is 13.7 Å². The molecule has 20 heavy (non-hydrogen) atoms. The zero-order valence-corrected chi connectivity index (χ0v) is 12.7. The Labute approximate surface area is 120 Å². The van der Waals surface area contributed by atoms with E-state index in [1.165, 1.54) is 7.11 Å². The van der Waals surface area contributed by atoms with E-state index in [9.17, 15) is 9.59 Å². The lowest BCUT2D eigenvalue weighted by molar-refractivity contribution is -0.147. The first kappa shape index (κ1) is 16.2. The lowest BCUT2D eigenvalue weighted by atomic mass is 9.87. The smallest absolute Gasteiger partial charge is 0.317 e. The van der Waals surface area contributed by atoms with Crippen molar-refractivity contribution in [3.63, 3.8) is 0 Å². The van der Waals surface area contributed by atoms with Crippen molar-refractivity contribution in [2.45, 2.75) is 27.7 Å². The van der Waals surface area contributed by atoms with Gasteiger partial charge in [-0.15, -0.1) is 0 Å². The van der Waals surface area contributed by atoms with Crippen LogP contribution in [0.2, 0.25) is 0 Å². The average molecular weight is 278 g/mol. The van der Waals surface area contributed by atoms with E-state index < -0.39 is 11.9 Å². The van der Waals surface area contributed by atoms with E-state index in [2.05, 4.69) is 0 Å². The van der Waals surface area contributed by atoms with Crippen LogP contribution >= 0.6 is 0 Å². The minimum Gasteiger partial charge on any atom is -0.496 e. The van der Waals surface area contributed by atoms with Gasteiger partial charge in [0.05, 0.1) is 19.3 Å². The third-order valence-electron chi connectivity index (χ3n) is 3.11. The van der Waals surface area contributed by atoms with Crippen LogP contribution in [0, 0.1) is 18.8 Å². The predicted molar refractivity (Wildman–Crippen MR) is 77.0 cm³/mol. The molecule has 1 unspecified atom stereocenters. The number of rotatable bonds is 6. The van der Waals surface area contributed by atoms with Crippen LogP contribution in [-0.4, -0.2) is 25.5 Å². The second kappa shape index (κ2) is 7.08. The zero-order valence-electron chi connectivity index (χ0n) is 12.7. The van der Waals surface area contributed by atoms with Gasteiger partial charge in [-0.05, 0) is 37.5 Å². The van der Waals surface area contributed by atoms with Gasteiger partial charge in [-0.2, -0.15) is 0 Å². The molecule has 1 atom stereocenters. The van der Waals surface area contributed by atoms with E-state index in [0.29, 0.717) is 11.3 Å². The average Bonchev–Trinajstić information content (AvgIpc) is 2.38. The molecule has 110 valence electrons. The molecule has 0 saturated carbocycles. The van der Waals surface area contributed by atoms with Crippen LogP contribution in [0.3, 0.4) is 0 Å². The van der Waals surface area contributed by atoms with E-state index in [0.717, 1.165) is 5.56 Å². The highest BCUT2D eigenvalue weighted by Gasteiger charge is 2.33. The largest absolute Gasteiger partial charge is 0.496 e. The van der Waals surface area contributed by atoms with E-state index in [4.69, 9.17) is 9.47 Å². The fraction of sp³-hybridized carbons (Fsp3) is 0.500. The molecule has 1 aromatic rings. The number of esters is 1. The fourth-order valence-electron chi connectivity index (χ4n) is 2.08. The van der Waals surface area contributed by atoms with Gasteiger partial charge in [0.2, 0.25) is 0 Å². The second-order valence-corrected chi connectivity index (χ2v) is 5.04. The van der Waals surface area contributed by atoms with Gasteiger partial charge in [0, 0.05) is 0 Å². The Hall–Kier alpha value is -1.84. The molecule has 0 heterocycles. The van der Waals surface area contributed by atoms with Crippen molar-refractivity contribution >= 4 is 11.8 Å². The van der Waals surface area contributed by atoms with Crippen LogP contribution < -0.4 is 4.74 Å². The molecule has 0 aliphatic rings. The molecule has 0 amide bonds. The van der Waals surface area contributed by atoms with Gasteiger partial charge < -0.3 is 9.47 Å². The molecule has 0 saturated heterocycles. The molecule has 0 spiro atoms. The highest BCUT2D eigenvalue weighted by molar-refractivity contribution is 6.10. The maximum Gasteiger partial charge on any atom is 0.317 e. The molecule has 0 N–H and O–H groups in total. The highest BCUT2D eigenvalue weighted by atomic mass is 16.5. The number of methoxy groups -OCH3 is 1. The minimum atomic E-state index is -0.799. The van der Waals surface area contributed by atoms with Crippen LogP contribution in [0.25, 0.3) is 0 Å². The topological polar surface area (TPSA) is 52.6 Å². The van der Waals surface area contributed by atoms with Crippen LogP contribution in [0.5, 0.6) is 5.75 Å². The number of carbonyl (C=O) groups is 2. The van der Waals surface area contributed by atoms with Crippen LogP contribution in [0.4, 0.5) is 0 Å². The summed E-state index contributed by atoms with van der Waals surface area (Å²) in [5.41, 5.74) is 1.42. The Balaban J connectivity index is 3.16. The lowest BCUT2D eigenvalue weighted by Gasteiger charge is -2.19. The number of aryl methyl sites for hydroxylation is 1. The van der Waals surface area contributed by atoms with E-state index in [-0.39, 0.29) is 18.3 Å². The number of ketones is 1. The molecule has 0 radical (unpaired) electrons. The molecular formula is C16H22O4. The summed E-state index contributed by atoms with van der Waals surface area (Å²) in [7, 11) is 1.51. The second-order valence-electron chi connectivity index (χ2n) is 5.04. The zero-order chi connectivity index (χ0) is 15.3. The first-order valence-electron chi connectivity index (χ1n) is 6.77. The van der Waals surface area contributed by atoms with Gasteiger partial charge in [0.1, 0.15) is 11.7 Å². The quantitative estimate of drug-likeness (QED) is 0.456. The Morgan fingerprint density at radius 3 is 2.40 bits per heavy atom. The van der Waals surface area contributed by atoms with Crippen molar-refractivity contribution in [3.05, 3.63) is 29.3 Å². The fourth-order valence-corrected chi connectivity index (χ4v) is 2.08. The van der Waals surface area contributed by atoms with Crippen molar-refractivity contribution in [2.24, 2.45) is 11.8 Å². The molecule has 1 aromatic carbocycles. The Morgan fingerprint density at radius 2 is 1.90 bits per heavy atom. The van der Waals surface area contributed by atoms with Gasteiger partial charge >= 0.3 is 5.97 Å². The standard InChI is InChI=1S/C16H22O4/c1-6-20-16(18)14(10(2)3)15(17)12-8-7-11(4)9-13(12)19-5/h7-10,14H,6H2,1-5H3. The summed E-state index contributed by atoms with van der Waals surface area (Å²) in [5, 5.41) is 0. The number of ether oxygens (including phenoxy) is 2. The maximum absolute atomic E-state index is 12.6. The predicted octanol–water partition coefficient (Wildman–Crippen LogP) is 3.02. The molecule has 0 bridgehead atoms. The number of carbonyl (C=O) groups excluding carboxylic acids is 2. The Morgan fingerprint density at radius 1 is 1.25 bits per heavy atom. The molecule has 0 aromatic heterocycles. The molecule has 0 aliphatic heterocycles. The van der Waals surface area contributed by atoms with Gasteiger partial charge in [0.25, 0.3) is 0 Å². The molecular weight excluding hydrogens is 256 g/mol. The van der Waals surface area contributed by atoms with Gasteiger partial charge in [0.15, 0.2) is 5.78 Å². The van der Waals surface area contributed by atoms with Crippen molar-refractivity contribution in [1.82, 2.24) is 0 Å². The van der Waals surface area contributed by atoms with E-state index in [1.807, 2.05) is 26.8 Å². The normalized spacial score (nSPS) is 12.1. The third-order valence-corrected chi connectivity index (χ3v) is 3.11. The first-order chi connectivity index (χ1) is 9.42. The van der Waals surface area contributed by atoms with Crippen molar-refractivity contribution in [1.29, 1.82) is 0 Å². The molecule has 0 aliphatic carbocycles. The van der Waals surface area contributed by atoms with Crippen molar-refractivity contribution in [3.8, 4) is 5.75 Å². The summed E-state index contributed by atoms with van der Waals surface area (Å²) >= 11 is 0. The summed E-state index contributed by atoms with van der Waals surface area (Å²) in [6, 6.07) is 5.32. The van der Waals surface area contributed by atoms with Crippen LogP contribution in [-0.2, 0) is 9.53 Å². The van der Waals surface area contributed by atoms with Crippen molar-refractivity contribution < 1.29 is 19.1 Å². The monoisotopic (exact) mass is 278 g/mol. The molecule has 4 nitrogen and oxygen atoms in total. The number of benzene rings is 1. The van der Waals surface area contributed by atoms with Crippen LogP contribution in [0.15, 0.2) is 18.2 Å². The van der Waals surface area contributed by atoms with Gasteiger partial charge in [-0.1, -0.05) is 19.9 Å². The number of hydrogen-bond acceptors (Lipinski definition) is 4. The summed E-state index contributed by atoms with van der Waals surface area (Å²) in [5.74, 6) is -1.17. The van der Waals surface area contributed by atoms with E-state index in [1.54, 1.807) is 19.1 Å². The van der Waals surface area contributed by atoms with Crippen LogP contribution in [0.1, 0.15) is 36.7 Å².